The van der Waals surface area contributed by atoms with Gasteiger partial charge in [-0.05, 0) is 89.4 Å². The van der Waals surface area contributed by atoms with Crippen molar-refractivity contribution in [1.29, 1.82) is 0 Å². The van der Waals surface area contributed by atoms with E-state index in [-0.39, 0.29) is 23.7 Å². The molecule has 3 aliphatic rings. The van der Waals surface area contributed by atoms with Gasteiger partial charge in [-0.1, -0.05) is 13.8 Å². The van der Waals surface area contributed by atoms with Gasteiger partial charge in [-0.2, -0.15) is 0 Å². The molecule has 1 saturated carbocycles. The zero-order valence-electron chi connectivity index (χ0n) is 19.3. The van der Waals surface area contributed by atoms with Crippen molar-refractivity contribution >= 4 is 11.8 Å². The molecule has 2 N–H and O–H groups in total. The van der Waals surface area contributed by atoms with E-state index in [1.807, 2.05) is 0 Å². The molecular weight excluding hydrogens is 376 g/mol. The summed E-state index contributed by atoms with van der Waals surface area (Å²) in [7, 11) is 0. The Morgan fingerprint density at radius 2 is 0.967 bits per heavy atom. The van der Waals surface area contributed by atoms with E-state index in [0.29, 0.717) is 0 Å². The minimum Gasteiger partial charge on any atom is -0.355 e. The van der Waals surface area contributed by atoms with Crippen LogP contribution in [0.3, 0.4) is 0 Å². The predicted octanol–water partition coefficient (Wildman–Crippen LogP) is 2.49. The van der Waals surface area contributed by atoms with E-state index in [0.717, 1.165) is 89.9 Å². The molecule has 3 rings (SSSR count). The molecule has 2 heterocycles. The highest BCUT2D eigenvalue weighted by atomic mass is 16.2. The highest BCUT2D eigenvalue weighted by Crippen LogP contribution is 2.29. The molecule has 0 aromatic rings. The van der Waals surface area contributed by atoms with Crippen molar-refractivity contribution in [3.63, 3.8) is 0 Å². The van der Waals surface area contributed by atoms with Gasteiger partial charge in [0.15, 0.2) is 0 Å². The van der Waals surface area contributed by atoms with Gasteiger partial charge in [0.25, 0.3) is 0 Å². The Morgan fingerprint density at radius 1 is 0.633 bits per heavy atom. The number of amides is 2. The quantitative estimate of drug-likeness (QED) is 0.633. The lowest BCUT2D eigenvalue weighted by atomic mass is 9.81. The number of hydrogen-bond acceptors (Lipinski definition) is 4. The minimum atomic E-state index is 0.0887. The van der Waals surface area contributed by atoms with Crippen LogP contribution in [0.5, 0.6) is 0 Å². The van der Waals surface area contributed by atoms with Gasteiger partial charge >= 0.3 is 0 Å². The number of hydrogen-bond donors (Lipinski definition) is 2. The summed E-state index contributed by atoms with van der Waals surface area (Å²) in [5, 5.41) is 6.28. The van der Waals surface area contributed by atoms with Crippen molar-refractivity contribution in [1.82, 2.24) is 20.4 Å². The molecule has 0 atom stereocenters. The van der Waals surface area contributed by atoms with Crippen molar-refractivity contribution in [3.8, 4) is 0 Å². The Bertz CT molecular complexity index is 483. The number of carbonyl (C=O) groups excluding carboxylic acids is 2. The van der Waals surface area contributed by atoms with Gasteiger partial charge in [0.2, 0.25) is 11.8 Å². The fourth-order valence-electron chi connectivity index (χ4n) is 5.15. The summed E-state index contributed by atoms with van der Waals surface area (Å²) in [6, 6.07) is 0. The van der Waals surface area contributed by atoms with Crippen LogP contribution in [0.4, 0.5) is 0 Å². The molecule has 0 aromatic carbocycles. The third kappa shape index (κ3) is 7.52. The largest absolute Gasteiger partial charge is 0.355 e. The summed E-state index contributed by atoms with van der Waals surface area (Å²) in [5.74, 6) is 2.25. The molecule has 0 aromatic heterocycles. The van der Waals surface area contributed by atoms with Crippen LogP contribution < -0.4 is 10.6 Å². The van der Waals surface area contributed by atoms with Gasteiger partial charge in [-0.3, -0.25) is 9.59 Å². The molecule has 6 heteroatoms. The highest BCUT2D eigenvalue weighted by molar-refractivity contribution is 5.81. The third-order valence-electron chi connectivity index (χ3n) is 7.68. The van der Waals surface area contributed by atoms with Crippen LogP contribution in [0.25, 0.3) is 0 Å². The first-order valence-electron chi connectivity index (χ1n) is 12.5. The molecule has 3 fully saturated rings. The Kier molecular flexibility index (Phi) is 9.44. The van der Waals surface area contributed by atoms with Gasteiger partial charge in [-0.15, -0.1) is 0 Å². The minimum absolute atomic E-state index is 0.0887. The van der Waals surface area contributed by atoms with Crippen molar-refractivity contribution in [2.24, 2.45) is 23.7 Å². The first-order chi connectivity index (χ1) is 14.5. The van der Waals surface area contributed by atoms with E-state index in [1.165, 1.54) is 25.7 Å². The highest BCUT2D eigenvalue weighted by Gasteiger charge is 2.30. The lowest BCUT2D eigenvalue weighted by molar-refractivity contribution is -0.130. The second kappa shape index (κ2) is 12.0. The van der Waals surface area contributed by atoms with Crippen LogP contribution in [0, 0.1) is 23.7 Å². The molecule has 172 valence electrons. The van der Waals surface area contributed by atoms with Crippen molar-refractivity contribution in [2.75, 3.05) is 52.4 Å². The zero-order chi connectivity index (χ0) is 21.3. The topological polar surface area (TPSA) is 64.7 Å². The van der Waals surface area contributed by atoms with E-state index >= 15 is 0 Å². The lowest BCUT2D eigenvalue weighted by Gasteiger charge is -2.31. The Balaban J connectivity index is 1.24. The molecule has 0 radical (unpaired) electrons. The second-order valence-corrected chi connectivity index (χ2v) is 10.2. The summed E-state index contributed by atoms with van der Waals surface area (Å²) < 4.78 is 0. The number of nitrogens with zero attached hydrogens (tertiary/aromatic N) is 2. The number of likely N-dealkylation sites (tertiary alicyclic amines) is 2. The average Bonchev–Trinajstić information content (AvgIpc) is 2.76. The van der Waals surface area contributed by atoms with Crippen LogP contribution in [0.1, 0.15) is 65.2 Å². The fraction of sp³-hybridized carbons (Fsp3) is 0.917. The van der Waals surface area contributed by atoms with Crippen LogP contribution in [-0.2, 0) is 9.59 Å². The lowest BCUT2D eigenvalue weighted by Crippen LogP contribution is -2.43. The molecule has 2 aliphatic heterocycles. The summed E-state index contributed by atoms with van der Waals surface area (Å²) in [6.07, 6.45) is 8.47. The summed E-state index contributed by atoms with van der Waals surface area (Å²) in [6.45, 7) is 12.7. The van der Waals surface area contributed by atoms with Crippen LogP contribution in [0.15, 0.2) is 0 Å². The molecule has 2 saturated heterocycles. The third-order valence-corrected chi connectivity index (χ3v) is 7.68. The second-order valence-electron chi connectivity index (χ2n) is 10.2. The molecule has 1 aliphatic carbocycles. The number of nitrogens with one attached hydrogen (secondary N) is 2. The summed E-state index contributed by atoms with van der Waals surface area (Å²) >= 11 is 0. The van der Waals surface area contributed by atoms with E-state index < -0.39 is 0 Å². The fourth-order valence-corrected chi connectivity index (χ4v) is 5.15. The number of rotatable bonds is 8. The van der Waals surface area contributed by atoms with Crippen LogP contribution in [0.2, 0.25) is 0 Å². The first-order valence-corrected chi connectivity index (χ1v) is 12.5. The van der Waals surface area contributed by atoms with E-state index in [9.17, 15) is 9.59 Å². The summed E-state index contributed by atoms with van der Waals surface area (Å²) in [5.41, 5.74) is 0. The molecule has 0 spiro atoms. The van der Waals surface area contributed by atoms with Crippen molar-refractivity contribution in [2.45, 2.75) is 65.2 Å². The van der Waals surface area contributed by atoms with Gasteiger partial charge in [0, 0.05) is 38.0 Å². The van der Waals surface area contributed by atoms with Crippen molar-refractivity contribution < 1.29 is 9.59 Å². The monoisotopic (exact) mass is 420 g/mol. The van der Waals surface area contributed by atoms with Crippen LogP contribution >= 0.6 is 0 Å². The van der Waals surface area contributed by atoms with Gasteiger partial charge in [0.1, 0.15) is 0 Å². The van der Waals surface area contributed by atoms with Gasteiger partial charge in [-0.25, -0.2) is 0 Å². The first kappa shape index (κ1) is 23.5. The number of piperidine rings is 2. The molecule has 0 bridgehead atoms. The molecule has 30 heavy (non-hydrogen) atoms. The molecule has 2 amide bonds. The summed E-state index contributed by atoms with van der Waals surface area (Å²) in [4.78, 5) is 29.9. The maximum atomic E-state index is 12.5. The van der Waals surface area contributed by atoms with Crippen LogP contribution in [-0.4, -0.2) is 74.0 Å². The maximum absolute atomic E-state index is 12.5. The Labute approximate surface area is 183 Å². The van der Waals surface area contributed by atoms with Crippen molar-refractivity contribution in [3.05, 3.63) is 0 Å². The molecule has 0 unspecified atom stereocenters. The molecule has 6 nitrogen and oxygen atoms in total. The standard InChI is InChI=1S/C24H44N4O2/c1-19-7-13-27(14-8-19)17-11-25-23(29)21-3-5-22(6-4-21)24(30)26-12-18-28-15-9-20(2)10-16-28/h19-22H,3-18H2,1-2H3,(H,25,29)(H,26,30). The number of carbonyl (C=O) groups is 2. The Morgan fingerprint density at radius 3 is 1.30 bits per heavy atom. The predicted molar refractivity (Wildman–Crippen MR) is 121 cm³/mol. The van der Waals surface area contributed by atoms with Gasteiger partial charge < -0.3 is 20.4 Å². The van der Waals surface area contributed by atoms with E-state index in [1.54, 1.807) is 0 Å². The normalized spacial score (nSPS) is 27.7. The van der Waals surface area contributed by atoms with E-state index in [2.05, 4.69) is 34.3 Å². The average molecular weight is 421 g/mol. The Hall–Kier alpha value is -1.14. The smallest absolute Gasteiger partial charge is 0.223 e. The van der Waals surface area contributed by atoms with Gasteiger partial charge in [0.05, 0.1) is 0 Å². The SMILES string of the molecule is CC1CCN(CCNC(=O)C2CCC(C(=O)NCCN3CCC(C)CC3)CC2)CC1. The van der Waals surface area contributed by atoms with E-state index in [4.69, 9.17) is 0 Å². The zero-order valence-corrected chi connectivity index (χ0v) is 19.3. The maximum Gasteiger partial charge on any atom is 0.223 e. The molecular formula is C24H44N4O2.